The molecule has 0 aliphatic rings. The highest BCUT2D eigenvalue weighted by Gasteiger charge is 2.19. The fraction of sp³-hybridized carbons (Fsp3) is 0.211. The lowest BCUT2D eigenvalue weighted by Crippen LogP contribution is -2.25. The molecule has 0 fully saturated rings. The summed E-state index contributed by atoms with van der Waals surface area (Å²) in [5.74, 6) is 0.358. The third-order valence-corrected chi connectivity index (χ3v) is 4.33. The predicted molar refractivity (Wildman–Crippen MR) is 104 cm³/mol. The number of carbonyl (C=O) groups is 1. The van der Waals surface area contributed by atoms with Gasteiger partial charge in [-0.25, -0.2) is 9.67 Å². The van der Waals surface area contributed by atoms with Crippen LogP contribution in [0.25, 0.3) is 17.1 Å². The van der Waals surface area contributed by atoms with E-state index < -0.39 is 0 Å². The Labute approximate surface area is 162 Å². The first-order valence-corrected chi connectivity index (χ1v) is 9.03. The second-order valence-corrected chi connectivity index (χ2v) is 6.74. The molecule has 134 valence electrons. The zero-order valence-electron chi connectivity index (χ0n) is 14.5. The lowest BCUT2D eigenvalue weighted by Gasteiger charge is -2.09. The molecule has 2 aromatic carbocycles. The van der Waals surface area contributed by atoms with Gasteiger partial charge >= 0.3 is 0 Å². The molecule has 1 aromatic heterocycles. The predicted octanol–water partition coefficient (Wildman–Crippen LogP) is 4.69. The molecule has 26 heavy (non-hydrogen) atoms. The second kappa shape index (κ2) is 7.89. The molecule has 1 heterocycles. The van der Waals surface area contributed by atoms with Gasteiger partial charge in [-0.2, -0.15) is 0 Å². The van der Waals surface area contributed by atoms with Gasteiger partial charge in [-0.15, -0.1) is 5.10 Å². The van der Waals surface area contributed by atoms with Crippen molar-refractivity contribution in [3.8, 4) is 17.1 Å². The zero-order chi connectivity index (χ0) is 18.7. The van der Waals surface area contributed by atoms with E-state index in [9.17, 15) is 4.79 Å². The average Bonchev–Trinajstić information content (AvgIpc) is 3.07. The Morgan fingerprint density at radius 2 is 1.81 bits per heavy atom. The number of benzene rings is 2. The minimum Gasteiger partial charge on any atom is -0.349 e. The summed E-state index contributed by atoms with van der Waals surface area (Å²) in [6.07, 6.45) is 0.837. The van der Waals surface area contributed by atoms with E-state index in [0.29, 0.717) is 22.4 Å². The van der Waals surface area contributed by atoms with Gasteiger partial charge in [0.2, 0.25) is 5.82 Å². The van der Waals surface area contributed by atoms with Crippen molar-refractivity contribution < 1.29 is 4.79 Å². The van der Waals surface area contributed by atoms with Crippen LogP contribution in [-0.4, -0.2) is 27.2 Å². The number of aromatic nitrogens is 3. The monoisotopic (exact) mass is 388 g/mol. The standard InChI is InChI=1S/C19H18Cl2N4O/c1-3-10-22-19(26)17-23-18(13-5-8-14(20)9-6-13)25(24-17)16-11-15(21)7-4-12(16)2/h4-9,11H,3,10H2,1-2H3,(H,22,26). The molecule has 3 aromatic rings. The van der Waals surface area contributed by atoms with Gasteiger partial charge in [0.15, 0.2) is 5.82 Å². The molecule has 0 unspecified atom stereocenters. The van der Waals surface area contributed by atoms with Gasteiger partial charge in [0, 0.05) is 22.2 Å². The summed E-state index contributed by atoms with van der Waals surface area (Å²) in [5, 5.41) is 8.45. The number of halogens is 2. The van der Waals surface area contributed by atoms with Crippen molar-refractivity contribution >= 4 is 29.1 Å². The van der Waals surface area contributed by atoms with Crippen LogP contribution >= 0.6 is 23.2 Å². The Morgan fingerprint density at radius 1 is 1.12 bits per heavy atom. The quantitative estimate of drug-likeness (QED) is 0.689. The molecule has 7 heteroatoms. The molecule has 0 radical (unpaired) electrons. The van der Waals surface area contributed by atoms with E-state index in [1.807, 2.05) is 38.1 Å². The summed E-state index contributed by atoms with van der Waals surface area (Å²) in [5.41, 5.74) is 2.54. The Bertz CT molecular complexity index is 935. The SMILES string of the molecule is CCCNC(=O)c1nc(-c2ccc(Cl)cc2)n(-c2cc(Cl)ccc2C)n1. The first-order chi connectivity index (χ1) is 12.5. The van der Waals surface area contributed by atoms with Gasteiger partial charge in [-0.3, -0.25) is 4.79 Å². The largest absolute Gasteiger partial charge is 0.349 e. The van der Waals surface area contributed by atoms with E-state index in [1.54, 1.807) is 22.9 Å². The van der Waals surface area contributed by atoms with Gasteiger partial charge in [0.05, 0.1) is 5.69 Å². The van der Waals surface area contributed by atoms with E-state index in [1.165, 1.54) is 0 Å². The van der Waals surface area contributed by atoms with Crippen LogP contribution in [0.15, 0.2) is 42.5 Å². The normalized spacial score (nSPS) is 10.8. The third kappa shape index (κ3) is 3.89. The van der Waals surface area contributed by atoms with Crippen molar-refractivity contribution in [2.75, 3.05) is 6.54 Å². The van der Waals surface area contributed by atoms with Crippen LogP contribution in [0, 0.1) is 6.92 Å². The van der Waals surface area contributed by atoms with Crippen molar-refractivity contribution in [1.82, 2.24) is 20.1 Å². The maximum absolute atomic E-state index is 12.3. The summed E-state index contributed by atoms with van der Waals surface area (Å²) < 4.78 is 1.64. The topological polar surface area (TPSA) is 59.8 Å². The second-order valence-electron chi connectivity index (χ2n) is 5.86. The first-order valence-electron chi connectivity index (χ1n) is 8.27. The van der Waals surface area contributed by atoms with E-state index in [0.717, 1.165) is 23.2 Å². The molecule has 0 aliphatic heterocycles. The van der Waals surface area contributed by atoms with Crippen LogP contribution in [0.5, 0.6) is 0 Å². The summed E-state index contributed by atoms with van der Waals surface area (Å²) in [6, 6.07) is 12.8. The van der Waals surface area contributed by atoms with E-state index >= 15 is 0 Å². The fourth-order valence-corrected chi connectivity index (χ4v) is 2.78. The minimum absolute atomic E-state index is 0.114. The summed E-state index contributed by atoms with van der Waals surface area (Å²) in [6.45, 7) is 4.51. The number of carbonyl (C=O) groups excluding carboxylic acids is 1. The van der Waals surface area contributed by atoms with E-state index in [2.05, 4.69) is 15.4 Å². The number of nitrogens with zero attached hydrogens (tertiary/aromatic N) is 3. The average molecular weight is 389 g/mol. The molecule has 0 bridgehead atoms. The van der Waals surface area contributed by atoms with Crippen molar-refractivity contribution in [2.24, 2.45) is 0 Å². The van der Waals surface area contributed by atoms with Crippen molar-refractivity contribution in [2.45, 2.75) is 20.3 Å². The highest BCUT2D eigenvalue weighted by atomic mass is 35.5. The van der Waals surface area contributed by atoms with Crippen molar-refractivity contribution in [1.29, 1.82) is 0 Å². The maximum atomic E-state index is 12.3. The lowest BCUT2D eigenvalue weighted by molar-refractivity contribution is 0.0943. The number of aryl methyl sites for hydroxylation is 1. The number of amides is 1. The van der Waals surface area contributed by atoms with Crippen LogP contribution in [0.3, 0.4) is 0 Å². The number of hydrogen-bond acceptors (Lipinski definition) is 3. The van der Waals surface area contributed by atoms with Gasteiger partial charge in [-0.1, -0.05) is 36.2 Å². The molecule has 0 atom stereocenters. The molecule has 3 rings (SSSR count). The zero-order valence-corrected chi connectivity index (χ0v) is 16.0. The maximum Gasteiger partial charge on any atom is 0.290 e. The van der Waals surface area contributed by atoms with Gasteiger partial charge in [-0.05, 0) is 55.3 Å². The number of hydrogen-bond donors (Lipinski definition) is 1. The summed E-state index contributed by atoms with van der Waals surface area (Å²) in [4.78, 5) is 16.8. The minimum atomic E-state index is -0.305. The fourth-order valence-electron chi connectivity index (χ4n) is 2.49. The van der Waals surface area contributed by atoms with Crippen LogP contribution in [0.1, 0.15) is 29.5 Å². The first kappa shape index (κ1) is 18.4. The number of rotatable bonds is 5. The Hall–Kier alpha value is -2.37. The molecular weight excluding hydrogens is 371 g/mol. The van der Waals surface area contributed by atoms with Gasteiger partial charge in [0.25, 0.3) is 5.91 Å². The Kier molecular flexibility index (Phi) is 5.59. The van der Waals surface area contributed by atoms with E-state index in [4.69, 9.17) is 23.2 Å². The molecular formula is C19H18Cl2N4O. The van der Waals surface area contributed by atoms with E-state index in [-0.39, 0.29) is 11.7 Å². The molecule has 0 spiro atoms. The molecule has 1 amide bonds. The highest BCUT2D eigenvalue weighted by Crippen LogP contribution is 2.26. The smallest absolute Gasteiger partial charge is 0.290 e. The summed E-state index contributed by atoms with van der Waals surface area (Å²) >= 11 is 12.2. The molecule has 0 aliphatic carbocycles. The molecule has 0 saturated heterocycles. The van der Waals surface area contributed by atoms with Gasteiger partial charge < -0.3 is 5.32 Å². The van der Waals surface area contributed by atoms with Crippen LogP contribution < -0.4 is 5.32 Å². The van der Waals surface area contributed by atoms with Crippen molar-refractivity contribution in [3.05, 3.63) is 63.9 Å². The molecule has 0 saturated carbocycles. The van der Waals surface area contributed by atoms with Gasteiger partial charge in [0.1, 0.15) is 0 Å². The van der Waals surface area contributed by atoms with Crippen molar-refractivity contribution in [3.63, 3.8) is 0 Å². The lowest BCUT2D eigenvalue weighted by atomic mass is 10.2. The van der Waals surface area contributed by atoms with Crippen LogP contribution in [0.2, 0.25) is 10.0 Å². The Balaban J connectivity index is 2.14. The molecule has 1 N–H and O–H groups in total. The summed E-state index contributed by atoms with van der Waals surface area (Å²) in [7, 11) is 0. The Morgan fingerprint density at radius 3 is 2.50 bits per heavy atom. The number of nitrogens with one attached hydrogen (secondary N) is 1. The highest BCUT2D eigenvalue weighted by molar-refractivity contribution is 6.31. The molecule has 5 nitrogen and oxygen atoms in total. The van der Waals surface area contributed by atoms with Crippen LogP contribution in [-0.2, 0) is 0 Å². The third-order valence-electron chi connectivity index (χ3n) is 3.85. The van der Waals surface area contributed by atoms with Crippen LogP contribution in [0.4, 0.5) is 0 Å².